The van der Waals surface area contributed by atoms with E-state index in [0.29, 0.717) is 5.30 Å². The van der Waals surface area contributed by atoms with Crippen molar-refractivity contribution in [2.24, 2.45) is 0 Å². The second-order valence-corrected chi connectivity index (χ2v) is 9.47. The fraction of sp³-hybridized carbons (Fsp3) is 0.118. The van der Waals surface area contributed by atoms with Crippen molar-refractivity contribution < 1.29 is 9.36 Å². The molecule has 3 aromatic carbocycles. The van der Waals surface area contributed by atoms with E-state index in [4.69, 9.17) is 22.8 Å². The van der Waals surface area contributed by atoms with Crippen LogP contribution in [-0.4, -0.2) is 11.4 Å². The molecule has 0 heterocycles. The van der Waals surface area contributed by atoms with Gasteiger partial charge in [0.05, 0.1) is 0 Å². The summed E-state index contributed by atoms with van der Waals surface area (Å²) in [5.41, 5.74) is 0. The lowest BCUT2D eigenvalue weighted by Gasteiger charge is -2.13. The number of hydrogen-bond donors (Lipinski definition) is 0. The molecule has 1 unspecified atom stereocenters. The lowest BCUT2D eigenvalue weighted by molar-refractivity contribution is -0.111. The Balaban J connectivity index is 2.19. The summed E-state index contributed by atoms with van der Waals surface area (Å²) in [6, 6.07) is 17.6. The van der Waals surface area contributed by atoms with Gasteiger partial charge in [0.2, 0.25) is 5.24 Å². The van der Waals surface area contributed by atoms with Crippen molar-refractivity contribution in [3.05, 3.63) is 54.6 Å². The van der Waals surface area contributed by atoms with Crippen LogP contribution < -0.4 is 5.30 Å². The van der Waals surface area contributed by atoms with Crippen molar-refractivity contribution in [2.75, 3.05) is 6.16 Å². The van der Waals surface area contributed by atoms with E-state index in [1.807, 2.05) is 42.5 Å². The first-order valence-corrected chi connectivity index (χ1v) is 10.0. The van der Waals surface area contributed by atoms with Crippen molar-refractivity contribution >= 4 is 61.4 Å². The maximum atomic E-state index is 12.8. The molecule has 0 fully saturated rings. The molecule has 0 amide bonds. The van der Waals surface area contributed by atoms with E-state index in [-0.39, 0.29) is 12.6 Å². The predicted octanol–water partition coefficient (Wildman–Crippen LogP) is 5.29. The van der Waals surface area contributed by atoms with Crippen LogP contribution in [0.5, 0.6) is 0 Å². The smallest absolute Gasteiger partial charge is 0.222 e. The molecule has 3 aromatic rings. The molecule has 0 aliphatic carbocycles. The number of carbonyl (C=O) groups excluding carboxylic acids is 1. The van der Waals surface area contributed by atoms with Gasteiger partial charge in [-0.1, -0.05) is 36.4 Å². The van der Waals surface area contributed by atoms with Crippen LogP contribution in [0, 0.1) is 0 Å². The van der Waals surface area contributed by atoms with Crippen LogP contribution in [0.15, 0.2) is 54.6 Å². The molecule has 0 saturated carbocycles. The van der Waals surface area contributed by atoms with E-state index in [1.54, 1.807) is 6.07 Å². The van der Waals surface area contributed by atoms with Crippen molar-refractivity contribution in [1.29, 1.82) is 0 Å². The van der Waals surface area contributed by atoms with Crippen LogP contribution in [0.1, 0.15) is 6.42 Å². The minimum absolute atomic E-state index is 0.00625. The largest absolute Gasteiger partial charge is 0.302 e. The van der Waals surface area contributed by atoms with E-state index >= 15 is 0 Å². The summed E-state index contributed by atoms with van der Waals surface area (Å²) in [7, 11) is 0. The minimum Gasteiger partial charge on any atom is -0.302 e. The Morgan fingerprint density at radius 2 is 1.59 bits per heavy atom. The number of halogens is 2. The van der Waals surface area contributed by atoms with Crippen LogP contribution in [0.2, 0.25) is 0 Å². The molecule has 0 aromatic heterocycles. The monoisotopic (exact) mass is 350 g/mol. The fourth-order valence-electron chi connectivity index (χ4n) is 2.59. The fourth-order valence-corrected chi connectivity index (χ4v) is 5.11. The molecule has 1 atom stereocenters. The van der Waals surface area contributed by atoms with Crippen molar-refractivity contribution in [3.8, 4) is 0 Å². The molecule has 0 spiro atoms. The van der Waals surface area contributed by atoms with Crippen LogP contribution in [0.25, 0.3) is 21.5 Å². The summed E-state index contributed by atoms with van der Waals surface area (Å²) < 4.78 is 12.8. The van der Waals surface area contributed by atoms with Gasteiger partial charge in [-0.3, -0.25) is 4.79 Å². The molecule has 0 aliphatic rings. The zero-order valence-corrected chi connectivity index (χ0v) is 14.0. The zero-order chi connectivity index (χ0) is 15.7. The first-order valence-electron chi connectivity index (χ1n) is 6.86. The Hall–Kier alpha value is -1.34. The molecule has 2 nitrogen and oxygen atoms in total. The van der Waals surface area contributed by atoms with Gasteiger partial charge >= 0.3 is 0 Å². The van der Waals surface area contributed by atoms with Crippen LogP contribution >= 0.6 is 29.3 Å². The highest BCUT2D eigenvalue weighted by Crippen LogP contribution is 2.52. The lowest BCUT2D eigenvalue weighted by Crippen LogP contribution is -2.07. The maximum absolute atomic E-state index is 12.8. The van der Waals surface area contributed by atoms with Crippen LogP contribution in [0.3, 0.4) is 0 Å². The van der Waals surface area contributed by atoms with Gasteiger partial charge in [0.1, 0.15) is 0 Å². The Morgan fingerprint density at radius 3 is 2.27 bits per heavy atom. The summed E-state index contributed by atoms with van der Waals surface area (Å²) in [6.07, 6.45) is 0.0785. The predicted molar refractivity (Wildman–Crippen MR) is 94.9 cm³/mol. The minimum atomic E-state index is -3.16. The second-order valence-electron chi connectivity index (χ2n) is 5.18. The second kappa shape index (κ2) is 6.04. The van der Waals surface area contributed by atoms with Gasteiger partial charge in [-0.2, -0.15) is 0 Å². The van der Waals surface area contributed by atoms with Crippen molar-refractivity contribution in [1.82, 2.24) is 0 Å². The van der Waals surface area contributed by atoms with E-state index in [9.17, 15) is 9.36 Å². The van der Waals surface area contributed by atoms with Gasteiger partial charge < -0.3 is 4.57 Å². The van der Waals surface area contributed by atoms with E-state index in [0.717, 1.165) is 21.5 Å². The average molecular weight is 351 g/mol. The van der Waals surface area contributed by atoms with E-state index in [1.165, 1.54) is 0 Å². The van der Waals surface area contributed by atoms with Crippen molar-refractivity contribution in [2.45, 2.75) is 6.42 Å². The molecule has 0 aliphatic heterocycles. The molecular formula is C17H13Cl2O2P. The van der Waals surface area contributed by atoms with Gasteiger partial charge in [0.25, 0.3) is 0 Å². The standard InChI is InChI=1S/C17H13Cl2O2P/c18-17(20)8-9-22(19,21)16-7-3-6-14-10-12-4-1-2-5-13(12)11-15(14)16/h1-7,10-11H,8-9H2. The number of rotatable bonds is 4. The molecule has 22 heavy (non-hydrogen) atoms. The molecule has 5 heteroatoms. The van der Waals surface area contributed by atoms with Gasteiger partial charge in [-0.05, 0) is 62.6 Å². The Morgan fingerprint density at radius 1 is 0.955 bits per heavy atom. The first-order chi connectivity index (χ1) is 10.5. The highest BCUT2D eigenvalue weighted by Gasteiger charge is 2.24. The third-order valence-corrected chi connectivity index (χ3v) is 6.83. The number of hydrogen-bond acceptors (Lipinski definition) is 2. The quantitative estimate of drug-likeness (QED) is 0.364. The molecule has 0 radical (unpaired) electrons. The Kier molecular flexibility index (Phi) is 4.27. The molecular weight excluding hydrogens is 338 g/mol. The van der Waals surface area contributed by atoms with Gasteiger partial charge in [-0.25, -0.2) is 0 Å². The Bertz CT molecular complexity index is 921. The number of fused-ring (bicyclic) bond motifs is 2. The topological polar surface area (TPSA) is 34.1 Å². The summed E-state index contributed by atoms with van der Waals surface area (Å²) in [6.45, 7) is -3.16. The molecule has 0 N–H and O–H groups in total. The molecule has 0 saturated heterocycles. The van der Waals surface area contributed by atoms with Gasteiger partial charge in [0.15, 0.2) is 6.49 Å². The summed E-state index contributed by atoms with van der Waals surface area (Å²) in [4.78, 5) is 10.9. The number of carbonyl (C=O) groups is 1. The number of benzene rings is 3. The SMILES string of the molecule is O=C(Cl)CCP(=O)(Cl)c1cccc2cc3ccccc3cc12. The summed E-state index contributed by atoms with van der Waals surface area (Å²) >= 11 is 11.6. The highest BCUT2D eigenvalue weighted by atomic mass is 35.7. The summed E-state index contributed by atoms with van der Waals surface area (Å²) in [5, 5.41) is 4.10. The maximum Gasteiger partial charge on any atom is 0.222 e. The third-order valence-electron chi connectivity index (χ3n) is 3.68. The van der Waals surface area contributed by atoms with E-state index in [2.05, 4.69) is 6.07 Å². The first kappa shape index (κ1) is 15.6. The van der Waals surface area contributed by atoms with E-state index < -0.39 is 11.7 Å². The third kappa shape index (κ3) is 3.05. The molecule has 112 valence electrons. The highest BCUT2D eigenvalue weighted by molar-refractivity contribution is 7.95. The van der Waals surface area contributed by atoms with Crippen molar-refractivity contribution in [3.63, 3.8) is 0 Å². The Labute approximate surface area is 138 Å². The average Bonchev–Trinajstić information content (AvgIpc) is 2.50. The van der Waals surface area contributed by atoms with Gasteiger partial charge in [-0.15, -0.1) is 0 Å². The van der Waals surface area contributed by atoms with Crippen LogP contribution in [-0.2, 0) is 9.36 Å². The lowest BCUT2D eigenvalue weighted by atomic mass is 10.0. The zero-order valence-electron chi connectivity index (χ0n) is 11.6. The summed E-state index contributed by atoms with van der Waals surface area (Å²) in [5.74, 6) is 0. The molecule has 0 bridgehead atoms. The van der Waals surface area contributed by atoms with Gasteiger partial charge in [0, 0.05) is 17.9 Å². The molecule has 3 rings (SSSR count). The van der Waals surface area contributed by atoms with Crippen LogP contribution in [0.4, 0.5) is 0 Å². The normalized spacial score (nSPS) is 14.1.